The minimum absolute atomic E-state index is 0.0409. The Bertz CT molecular complexity index is 6840. The predicted octanol–water partition coefficient (Wildman–Crippen LogP) is 28.1. The van der Waals surface area contributed by atoms with Gasteiger partial charge in [-0.05, 0) is 241 Å². The van der Waals surface area contributed by atoms with Crippen LogP contribution in [0.4, 0.5) is 0 Å². The van der Waals surface area contributed by atoms with E-state index in [9.17, 15) is 0 Å². The van der Waals surface area contributed by atoms with E-state index in [0.29, 0.717) is 5.82 Å². The van der Waals surface area contributed by atoms with E-state index in [0.717, 1.165) is 128 Å². The van der Waals surface area contributed by atoms with Crippen LogP contribution < -0.4 is 16.4 Å². The molecule has 0 unspecified atom stereocenters. The lowest BCUT2D eigenvalue weighted by atomic mass is 9.34. The fourth-order valence-corrected chi connectivity index (χ4v) is 19.0. The molecule has 0 amide bonds. The summed E-state index contributed by atoms with van der Waals surface area (Å²) in [4.78, 5) is 12.2. The number of benzene rings is 17. The third kappa shape index (κ3) is 12.4. The monoisotopic (exact) mass is 1520 g/mol. The SMILES string of the molecule is CC(C)(C)c1ccc(-c2cc3c4c(c2)c2c(-c5ccccc5)cc(-c5ccccc5)cc2n4-c2cc(-c4nc(-c5cc(-c6ccccc6)cc(-c6ccccc6)c5)cc(-c5cc(-c6ccccc6)cc(-c6ccccc6)c5)n4)cc4c2B3c2cc(-c3ccc(C(C)(C)C)cc3)cc3c5c(-c6ccccc6)cc(-c6ccccc6)cc5n-4c23)cc1. The lowest BCUT2D eigenvalue weighted by Crippen LogP contribution is -2.59. The summed E-state index contributed by atoms with van der Waals surface area (Å²) in [5.74, 6) is 0.607. The van der Waals surface area contributed by atoms with Gasteiger partial charge < -0.3 is 9.13 Å². The van der Waals surface area contributed by atoms with Crippen molar-refractivity contribution in [2.75, 3.05) is 0 Å². The van der Waals surface area contributed by atoms with Gasteiger partial charge in [0.05, 0.1) is 22.4 Å². The zero-order valence-corrected chi connectivity index (χ0v) is 67.4. The molecule has 0 aliphatic carbocycles. The molecule has 17 aromatic carbocycles. The maximum absolute atomic E-state index is 6.10. The molecule has 5 heteroatoms. The minimum atomic E-state index is -0.296. The Morgan fingerprint density at radius 2 is 0.496 bits per heavy atom. The van der Waals surface area contributed by atoms with E-state index in [4.69, 9.17) is 9.97 Å². The standard InChI is InChI=1S/C114H83BN4/c1-113(2,3)93-51-47-78(48-52-93)86-63-97-107-95(80-43-27-13-28-44-80)61-88(76-39-23-11-24-40-76)67-103(107)118-105-69-92(112-116-101(90-57-82(72-31-15-7-16-32-72)55-83(58-90)73-33-17-8-18-34-73)71-102(117-112)91-59-84(74-35-19-9-20-36-74)56-85(60-91)75-37-21-10-22-38-75)70-106-109(105)115(99(65-86)110(97)118)100-66-87(79-49-53-94(54-50-79)114(4,5)6)64-98-108-96(81-45-29-14-30-46-81)62-89(77-41-25-12-26-42-77)68-104(108)119(106)111(98)100/h7-71H,1-6H3. The molecule has 0 bridgehead atoms. The Morgan fingerprint density at radius 1 is 0.227 bits per heavy atom. The number of aromatic nitrogens is 4. The minimum Gasteiger partial charge on any atom is -0.310 e. The van der Waals surface area contributed by atoms with Crippen LogP contribution in [0.15, 0.2) is 394 Å². The number of fused-ring (bicyclic) bond motifs is 10. The number of nitrogens with zero attached hydrogens (tertiary/aromatic N) is 4. The van der Waals surface area contributed by atoms with E-state index >= 15 is 0 Å². The van der Waals surface area contributed by atoms with Gasteiger partial charge in [-0.1, -0.05) is 345 Å². The summed E-state index contributed by atoms with van der Waals surface area (Å²) in [6.45, 7) is 13.6. The van der Waals surface area contributed by atoms with Gasteiger partial charge >= 0.3 is 0 Å². The summed E-state index contributed by atoms with van der Waals surface area (Å²) in [5.41, 5.74) is 40.2. The summed E-state index contributed by atoms with van der Waals surface area (Å²) < 4.78 is 5.35. The average Bonchev–Trinajstić information content (AvgIpc) is 1.52. The highest BCUT2D eigenvalue weighted by Crippen LogP contribution is 2.50. The van der Waals surface area contributed by atoms with Crippen LogP contribution in [0.5, 0.6) is 0 Å². The van der Waals surface area contributed by atoms with Crippen LogP contribution >= 0.6 is 0 Å². The molecular formula is C114H83BN4. The second kappa shape index (κ2) is 28.2. The molecule has 3 aromatic heterocycles. The van der Waals surface area contributed by atoms with Crippen molar-refractivity contribution in [1.82, 2.24) is 19.1 Å². The molecule has 5 heterocycles. The Morgan fingerprint density at radius 3 is 0.798 bits per heavy atom. The summed E-state index contributed by atoms with van der Waals surface area (Å²) >= 11 is 0. The van der Waals surface area contributed by atoms with Crippen LogP contribution in [0, 0.1) is 0 Å². The fourth-order valence-electron chi connectivity index (χ4n) is 19.0. The summed E-state index contributed by atoms with van der Waals surface area (Å²) in [7, 11) is 0. The first-order valence-electron chi connectivity index (χ1n) is 41.6. The van der Waals surface area contributed by atoms with E-state index in [1.165, 1.54) is 93.5 Å². The third-order valence-electron chi connectivity index (χ3n) is 24.9. The molecule has 0 N–H and O–H groups in total. The smallest absolute Gasteiger partial charge is 0.252 e. The molecule has 2 aliphatic rings. The van der Waals surface area contributed by atoms with Crippen LogP contribution in [0.25, 0.3) is 200 Å². The van der Waals surface area contributed by atoms with Gasteiger partial charge in [0.1, 0.15) is 0 Å². The van der Waals surface area contributed by atoms with E-state index in [2.05, 4.69) is 445 Å². The molecule has 0 spiro atoms. The van der Waals surface area contributed by atoms with Crippen molar-refractivity contribution in [3.63, 3.8) is 0 Å². The molecule has 0 atom stereocenters. The Kier molecular flexibility index (Phi) is 16.8. The summed E-state index contributed by atoms with van der Waals surface area (Å²) in [6.07, 6.45) is 0. The van der Waals surface area contributed by atoms with E-state index in [-0.39, 0.29) is 17.5 Å². The van der Waals surface area contributed by atoms with Crippen LogP contribution in [0.1, 0.15) is 52.7 Å². The average molecular weight is 1520 g/mol. The quantitative estimate of drug-likeness (QED) is 0.108. The van der Waals surface area contributed by atoms with Crippen LogP contribution in [0.2, 0.25) is 0 Å². The first-order valence-corrected chi connectivity index (χ1v) is 41.6. The maximum atomic E-state index is 6.10. The molecule has 4 nitrogen and oxygen atoms in total. The lowest BCUT2D eigenvalue weighted by molar-refractivity contribution is 0.590. The van der Waals surface area contributed by atoms with Gasteiger partial charge in [-0.25, -0.2) is 9.97 Å². The highest BCUT2D eigenvalue weighted by atomic mass is 15.0. The molecule has 119 heavy (non-hydrogen) atoms. The molecular weight excluding hydrogens is 1440 g/mol. The van der Waals surface area contributed by atoms with E-state index in [1.807, 2.05) is 0 Å². The van der Waals surface area contributed by atoms with Gasteiger partial charge in [0.15, 0.2) is 5.82 Å². The molecule has 2 aliphatic heterocycles. The first kappa shape index (κ1) is 71.1. The Balaban J connectivity index is 0.923. The number of hydrogen-bond donors (Lipinski definition) is 0. The van der Waals surface area contributed by atoms with Crippen molar-refractivity contribution in [2.45, 2.75) is 52.4 Å². The van der Waals surface area contributed by atoms with Crippen molar-refractivity contribution >= 4 is 66.7 Å². The highest BCUT2D eigenvalue weighted by molar-refractivity contribution is 7.00. The van der Waals surface area contributed by atoms with E-state index in [1.54, 1.807) is 0 Å². The zero-order chi connectivity index (χ0) is 79.8. The predicted molar refractivity (Wildman–Crippen MR) is 503 cm³/mol. The van der Waals surface area contributed by atoms with Gasteiger partial charge in [0.25, 0.3) is 6.71 Å². The van der Waals surface area contributed by atoms with Crippen LogP contribution in [-0.4, -0.2) is 25.8 Å². The van der Waals surface area contributed by atoms with Gasteiger partial charge in [-0.3, -0.25) is 0 Å². The topological polar surface area (TPSA) is 35.6 Å². The Hall–Kier alpha value is -14.5. The number of rotatable bonds is 13. The summed E-state index contributed by atoms with van der Waals surface area (Å²) in [6, 6.07) is 147. The van der Waals surface area contributed by atoms with Crippen molar-refractivity contribution < 1.29 is 0 Å². The fraction of sp³-hybridized carbons (Fsp3) is 0.0702. The molecule has 0 fully saturated rings. The van der Waals surface area contributed by atoms with Gasteiger partial charge in [0.2, 0.25) is 0 Å². The molecule has 0 saturated carbocycles. The van der Waals surface area contributed by atoms with Gasteiger partial charge in [0, 0.05) is 60.6 Å². The lowest BCUT2D eigenvalue weighted by Gasteiger charge is -2.34. The molecule has 20 aromatic rings. The second-order valence-corrected chi connectivity index (χ2v) is 34.4. The third-order valence-corrected chi connectivity index (χ3v) is 24.9. The van der Waals surface area contributed by atoms with Crippen molar-refractivity contribution in [3.05, 3.63) is 405 Å². The molecule has 22 rings (SSSR count). The van der Waals surface area contributed by atoms with Crippen molar-refractivity contribution in [3.8, 4) is 157 Å². The second-order valence-electron chi connectivity index (χ2n) is 34.4. The largest absolute Gasteiger partial charge is 0.310 e. The molecule has 562 valence electrons. The zero-order valence-electron chi connectivity index (χ0n) is 67.4. The first-order chi connectivity index (χ1) is 58.2. The normalized spacial score (nSPS) is 12.3. The van der Waals surface area contributed by atoms with E-state index < -0.39 is 0 Å². The highest BCUT2D eigenvalue weighted by Gasteiger charge is 2.43. The molecule has 0 saturated heterocycles. The van der Waals surface area contributed by atoms with Gasteiger partial charge in [-0.15, -0.1) is 0 Å². The van der Waals surface area contributed by atoms with Gasteiger partial charge in [-0.2, -0.15) is 0 Å². The maximum Gasteiger partial charge on any atom is 0.252 e. The summed E-state index contributed by atoms with van der Waals surface area (Å²) in [5, 5.41) is 4.78. The van der Waals surface area contributed by atoms with Crippen molar-refractivity contribution in [1.29, 1.82) is 0 Å². The van der Waals surface area contributed by atoms with Crippen LogP contribution in [0.3, 0.4) is 0 Å². The number of hydrogen-bond acceptors (Lipinski definition) is 2. The van der Waals surface area contributed by atoms with Crippen molar-refractivity contribution in [2.24, 2.45) is 0 Å². The Labute approximate surface area is 695 Å². The molecule has 0 radical (unpaired) electrons. The van der Waals surface area contributed by atoms with Crippen LogP contribution in [-0.2, 0) is 10.8 Å².